The molecule has 0 aromatic heterocycles. The molecule has 2 N–H and O–H groups in total. The van der Waals surface area contributed by atoms with Gasteiger partial charge in [-0.05, 0) is 31.5 Å². The Morgan fingerprint density at radius 3 is 2.40 bits per heavy atom. The molecule has 3 nitrogen and oxygen atoms in total. The summed E-state index contributed by atoms with van der Waals surface area (Å²) in [5.41, 5.74) is 0.204. The monoisotopic (exact) mass is 206 g/mol. The first-order valence-electron chi connectivity index (χ1n) is 4.50. The fourth-order valence-electron chi connectivity index (χ4n) is 1.19. The van der Waals surface area contributed by atoms with E-state index in [1.165, 1.54) is 13.2 Å². The molecule has 1 rings (SSSR count). The van der Waals surface area contributed by atoms with Crippen molar-refractivity contribution in [3.63, 3.8) is 0 Å². The predicted octanol–water partition coefficient (Wildman–Crippen LogP) is 2.02. The van der Waals surface area contributed by atoms with Crippen molar-refractivity contribution in [2.75, 3.05) is 7.11 Å². The first-order valence-corrected chi connectivity index (χ1v) is 4.50. The van der Waals surface area contributed by atoms with Crippen LogP contribution < -0.4 is 4.74 Å². The molecule has 0 saturated heterocycles. The maximum absolute atomic E-state index is 9.47. The maximum atomic E-state index is 9.47. The molecule has 0 aliphatic rings. The van der Waals surface area contributed by atoms with E-state index in [1.807, 2.05) is 13.8 Å². The Labute approximate surface area is 89.3 Å². The molecule has 0 saturated carbocycles. The number of phenols is 2. The van der Waals surface area contributed by atoms with E-state index in [1.54, 1.807) is 6.07 Å². The molecule has 0 bridgehead atoms. The van der Waals surface area contributed by atoms with Gasteiger partial charge in [-0.1, -0.05) is 5.92 Å². The van der Waals surface area contributed by atoms with Gasteiger partial charge in [0.2, 0.25) is 5.75 Å². The Kier molecular flexibility index (Phi) is 2.81. The molecular formula is C12H14O3. The van der Waals surface area contributed by atoms with Crippen LogP contribution in [0, 0.1) is 12.3 Å². The maximum Gasteiger partial charge on any atom is 0.200 e. The lowest BCUT2D eigenvalue weighted by atomic mass is 9.85. The fraction of sp³-hybridized carbons (Fsp3) is 0.333. The Morgan fingerprint density at radius 1 is 1.33 bits per heavy atom. The molecule has 0 heterocycles. The zero-order valence-corrected chi connectivity index (χ0v) is 9.03. The molecule has 3 heteroatoms. The molecule has 0 unspecified atom stereocenters. The number of phenolic OH excluding ortho intramolecular Hbond substituents is 2. The van der Waals surface area contributed by atoms with E-state index >= 15 is 0 Å². The van der Waals surface area contributed by atoms with Crippen molar-refractivity contribution in [3.8, 4) is 29.6 Å². The van der Waals surface area contributed by atoms with Gasteiger partial charge >= 0.3 is 0 Å². The van der Waals surface area contributed by atoms with Crippen LogP contribution in [0.2, 0.25) is 0 Å². The second-order valence-corrected chi connectivity index (χ2v) is 3.82. The highest BCUT2D eigenvalue weighted by Gasteiger charge is 2.21. The number of benzene rings is 1. The second kappa shape index (κ2) is 3.74. The quantitative estimate of drug-likeness (QED) is 0.575. The summed E-state index contributed by atoms with van der Waals surface area (Å²) in [6.07, 6.45) is 5.38. The third kappa shape index (κ3) is 1.99. The van der Waals surface area contributed by atoms with Gasteiger partial charge in [-0.3, -0.25) is 0 Å². The number of hydrogen-bond donors (Lipinski definition) is 2. The fourth-order valence-corrected chi connectivity index (χ4v) is 1.19. The Bertz CT molecular complexity index is 414. The largest absolute Gasteiger partial charge is 0.504 e. The molecule has 0 fully saturated rings. The molecular weight excluding hydrogens is 192 g/mol. The molecule has 1 aromatic carbocycles. The van der Waals surface area contributed by atoms with Crippen LogP contribution in [-0.4, -0.2) is 17.3 Å². The average Bonchev–Trinajstić information content (AvgIpc) is 2.21. The van der Waals surface area contributed by atoms with E-state index < -0.39 is 5.41 Å². The summed E-state index contributed by atoms with van der Waals surface area (Å²) >= 11 is 0. The lowest BCUT2D eigenvalue weighted by Gasteiger charge is -2.19. The highest BCUT2D eigenvalue weighted by molar-refractivity contribution is 5.54. The summed E-state index contributed by atoms with van der Waals surface area (Å²) in [7, 11) is 1.42. The third-order valence-corrected chi connectivity index (χ3v) is 2.36. The predicted molar refractivity (Wildman–Crippen MR) is 58.2 cm³/mol. The van der Waals surface area contributed by atoms with E-state index in [4.69, 9.17) is 11.2 Å². The summed E-state index contributed by atoms with van der Waals surface area (Å²) < 4.78 is 4.93. The topological polar surface area (TPSA) is 49.7 Å². The summed E-state index contributed by atoms with van der Waals surface area (Å²) in [4.78, 5) is 0. The molecule has 0 atom stereocenters. The van der Waals surface area contributed by atoms with Crippen LogP contribution in [0.5, 0.6) is 17.2 Å². The normalized spacial score (nSPS) is 10.8. The Balaban J connectivity index is 3.36. The standard InChI is InChI=1S/C12H14O3/c1-5-12(2,3)8-6-9(13)11(14)10(7-8)15-4/h1,6-7,13-14H,2-4H3. The molecule has 0 amide bonds. The van der Waals surface area contributed by atoms with E-state index in [2.05, 4.69) is 5.92 Å². The minimum Gasteiger partial charge on any atom is -0.504 e. The average molecular weight is 206 g/mol. The van der Waals surface area contributed by atoms with Gasteiger partial charge in [-0.2, -0.15) is 0 Å². The van der Waals surface area contributed by atoms with Crippen LogP contribution in [-0.2, 0) is 5.41 Å². The molecule has 0 aliphatic carbocycles. The summed E-state index contributed by atoms with van der Waals surface area (Å²) in [5.74, 6) is 2.32. The first-order chi connectivity index (χ1) is 6.92. The van der Waals surface area contributed by atoms with Crippen LogP contribution in [0.4, 0.5) is 0 Å². The van der Waals surface area contributed by atoms with E-state index in [0.29, 0.717) is 0 Å². The van der Waals surface area contributed by atoms with Gasteiger partial charge in [0, 0.05) is 0 Å². The highest BCUT2D eigenvalue weighted by Crippen LogP contribution is 2.39. The molecule has 1 aromatic rings. The van der Waals surface area contributed by atoms with Gasteiger partial charge < -0.3 is 14.9 Å². The number of hydrogen-bond acceptors (Lipinski definition) is 3. The van der Waals surface area contributed by atoms with Crippen molar-refractivity contribution in [2.24, 2.45) is 0 Å². The Hall–Kier alpha value is -1.82. The van der Waals surface area contributed by atoms with Crippen molar-refractivity contribution >= 4 is 0 Å². The minimum atomic E-state index is -0.515. The van der Waals surface area contributed by atoms with Crippen LogP contribution in [0.15, 0.2) is 12.1 Å². The number of methoxy groups -OCH3 is 1. The molecule has 15 heavy (non-hydrogen) atoms. The van der Waals surface area contributed by atoms with E-state index in [9.17, 15) is 10.2 Å². The van der Waals surface area contributed by atoms with Gasteiger partial charge in [0.25, 0.3) is 0 Å². The van der Waals surface area contributed by atoms with Crippen LogP contribution in [0.3, 0.4) is 0 Å². The van der Waals surface area contributed by atoms with Gasteiger partial charge in [0.15, 0.2) is 11.5 Å². The minimum absolute atomic E-state index is 0.216. The van der Waals surface area contributed by atoms with Crippen LogP contribution >= 0.6 is 0 Å². The molecule has 0 spiro atoms. The molecule has 0 radical (unpaired) electrons. The van der Waals surface area contributed by atoms with Gasteiger partial charge in [0.1, 0.15) is 0 Å². The van der Waals surface area contributed by atoms with Crippen LogP contribution in [0.1, 0.15) is 19.4 Å². The number of aromatic hydroxyl groups is 2. The zero-order valence-electron chi connectivity index (χ0n) is 9.03. The highest BCUT2D eigenvalue weighted by atomic mass is 16.5. The van der Waals surface area contributed by atoms with Crippen molar-refractivity contribution in [3.05, 3.63) is 17.7 Å². The van der Waals surface area contributed by atoms with Crippen molar-refractivity contribution in [2.45, 2.75) is 19.3 Å². The first kappa shape index (κ1) is 11.3. The van der Waals surface area contributed by atoms with Crippen LogP contribution in [0.25, 0.3) is 0 Å². The van der Waals surface area contributed by atoms with E-state index in [0.717, 1.165) is 5.56 Å². The summed E-state index contributed by atoms with van der Waals surface area (Å²) in [6, 6.07) is 3.06. The lowest BCUT2D eigenvalue weighted by molar-refractivity contribution is 0.349. The van der Waals surface area contributed by atoms with Gasteiger partial charge in [0.05, 0.1) is 12.5 Å². The van der Waals surface area contributed by atoms with Crippen molar-refractivity contribution in [1.29, 1.82) is 0 Å². The van der Waals surface area contributed by atoms with Gasteiger partial charge in [-0.25, -0.2) is 0 Å². The zero-order chi connectivity index (χ0) is 11.6. The number of ether oxygens (including phenoxy) is 1. The summed E-state index contributed by atoms with van der Waals surface area (Å²) in [6.45, 7) is 3.69. The van der Waals surface area contributed by atoms with Crippen molar-refractivity contribution < 1.29 is 14.9 Å². The Morgan fingerprint density at radius 2 is 1.93 bits per heavy atom. The third-order valence-electron chi connectivity index (χ3n) is 2.36. The smallest absolute Gasteiger partial charge is 0.200 e. The second-order valence-electron chi connectivity index (χ2n) is 3.82. The molecule has 80 valence electrons. The van der Waals surface area contributed by atoms with E-state index in [-0.39, 0.29) is 17.2 Å². The van der Waals surface area contributed by atoms with Gasteiger partial charge in [-0.15, -0.1) is 6.42 Å². The van der Waals surface area contributed by atoms with Crippen molar-refractivity contribution in [1.82, 2.24) is 0 Å². The summed E-state index contributed by atoms with van der Waals surface area (Å²) in [5, 5.41) is 18.9. The molecule has 0 aliphatic heterocycles. The lowest BCUT2D eigenvalue weighted by Crippen LogP contribution is -2.13. The SMILES string of the molecule is C#CC(C)(C)c1cc(O)c(O)c(OC)c1. The number of terminal acetylenes is 1. The number of rotatable bonds is 2.